The van der Waals surface area contributed by atoms with Gasteiger partial charge in [0, 0.05) is 51.3 Å². The molecule has 5 heteroatoms. The number of hydrogen-bond donors (Lipinski definition) is 0. The third-order valence-electron chi connectivity index (χ3n) is 3.40. The second-order valence-corrected chi connectivity index (χ2v) is 4.73. The Hall–Kier alpha value is -1.88. The van der Waals surface area contributed by atoms with E-state index < -0.39 is 0 Å². The predicted molar refractivity (Wildman–Crippen MR) is 68.0 cm³/mol. The van der Waals surface area contributed by atoms with E-state index in [4.69, 9.17) is 0 Å². The fourth-order valence-electron chi connectivity index (χ4n) is 2.30. The van der Waals surface area contributed by atoms with Crippen LogP contribution in [0.3, 0.4) is 0 Å². The van der Waals surface area contributed by atoms with Gasteiger partial charge in [0.2, 0.25) is 0 Å². The van der Waals surface area contributed by atoms with E-state index in [1.54, 1.807) is 17.7 Å². The van der Waals surface area contributed by atoms with Crippen LogP contribution < -0.4 is 5.56 Å². The molecule has 0 spiro atoms. The summed E-state index contributed by atoms with van der Waals surface area (Å²) in [6.07, 6.45) is 5.69. The highest BCUT2D eigenvalue weighted by atomic mass is 16.1. The average Bonchev–Trinajstić information content (AvgIpc) is 2.81. The number of aromatic nitrogens is 3. The Morgan fingerprint density at radius 3 is 3.06 bits per heavy atom. The molecule has 0 fully saturated rings. The summed E-state index contributed by atoms with van der Waals surface area (Å²) < 4.78 is 3.77. The molecule has 0 amide bonds. The molecule has 0 aliphatic carbocycles. The second kappa shape index (κ2) is 4.42. The van der Waals surface area contributed by atoms with Crippen molar-refractivity contribution in [3.63, 3.8) is 0 Å². The molecule has 3 heterocycles. The number of fused-ring (bicyclic) bond motifs is 1. The number of imidazole rings is 1. The molecule has 18 heavy (non-hydrogen) atoms. The third-order valence-corrected chi connectivity index (χ3v) is 3.40. The van der Waals surface area contributed by atoms with Gasteiger partial charge in [-0.05, 0) is 11.6 Å². The van der Waals surface area contributed by atoms with Gasteiger partial charge in [0.15, 0.2) is 0 Å². The summed E-state index contributed by atoms with van der Waals surface area (Å²) in [7, 11) is 1.77. The number of rotatable bonds is 2. The van der Waals surface area contributed by atoms with Crippen LogP contribution in [0.15, 0.2) is 35.5 Å². The van der Waals surface area contributed by atoms with Crippen LogP contribution in [-0.4, -0.2) is 25.6 Å². The number of aryl methyl sites for hydroxylation is 1. The van der Waals surface area contributed by atoms with Crippen LogP contribution in [0.5, 0.6) is 0 Å². The van der Waals surface area contributed by atoms with Gasteiger partial charge in [0.05, 0.1) is 6.54 Å². The lowest BCUT2D eigenvalue weighted by Crippen LogP contribution is -2.33. The standard InChI is InChI=1S/C13H16N4O/c1-15-4-2-11(8-13(15)18)9-16-6-7-17-5-3-14-12(17)10-16/h2-5,8H,6-7,9-10H2,1H3. The van der Waals surface area contributed by atoms with Crippen LogP contribution in [0.4, 0.5) is 0 Å². The Kier molecular flexibility index (Phi) is 2.76. The highest BCUT2D eigenvalue weighted by Crippen LogP contribution is 2.12. The molecule has 1 aliphatic heterocycles. The molecule has 3 rings (SSSR count). The highest BCUT2D eigenvalue weighted by Gasteiger charge is 2.16. The molecule has 0 aromatic carbocycles. The first-order valence-corrected chi connectivity index (χ1v) is 6.10. The van der Waals surface area contributed by atoms with Crippen LogP contribution in [0.25, 0.3) is 0 Å². The second-order valence-electron chi connectivity index (χ2n) is 4.73. The van der Waals surface area contributed by atoms with Crippen LogP contribution >= 0.6 is 0 Å². The minimum absolute atomic E-state index is 0.0472. The van der Waals surface area contributed by atoms with Crippen molar-refractivity contribution in [1.82, 2.24) is 19.0 Å². The maximum absolute atomic E-state index is 11.6. The summed E-state index contributed by atoms with van der Waals surface area (Å²) in [5.41, 5.74) is 1.11. The fourth-order valence-corrected chi connectivity index (χ4v) is 2.30. The van der Waals surface area contributed by atoms with Gasteiger partial charge in [0.1, 0.15) is 5.82 Å². The first kappa shape index (κ1) is 11.2. The highest BCUT2D eigenvalue weighted by molar-refractivity contribution is 5.11. The minimum atomic E-state index is 0.0472. The molecule has 0 unspecified atom stereocenters. The quantitative estimate of drug-likeness (QED) is 0.777. The summed E-state index contributed by atoms with van der Waals surface area (Å²) in [5.74, 6) is 1.10. The smallest absolute Gasteiger partial charge is 0.250 e. The van der Waals surface area contributed by atoms with E-state index in [2.05, 4.69) is 14.5 Å². The van der Waals surface area contributed by atoms with Gasteiger partial charge in [-0.25, -0.2) is 4.98 Å². The maximum Gasteiger partial charge on any atom is 0.250 e. The fraction of sp³-hybridized carbons (Fsp3) is 0.385. The molecule has 0 saturated carbocycles. The zero-order valence-electron chi connectivity index (χ0n) is 10.4. The SMILES string of the molecule is Cn1ccc(CN2CCn3ccnc3C2)cc1=O. The number of nitrogens with zero attached hydrogens (tertiary/aromatic N) is 4. The van der Waals surface area contributed by atoms with Gasteiger partial charge in [0.25, 0.3) is 5.56 Å². The first-order chi connectivity index (χ1) is 8.72. The lowest BCUT2D eigenvalue weighted by atomic mass is 10.2. The minimum Gasteiger partial charge on any atom is -0.333 e. The Morgan fingerprint density at radius 2 is 2.22 bits per heavy atom. The van der Waals surface area contributed by atoms with Crippen LogP contribution in [-0.2, 0) is 26.7 Å². The van der Waals surface area contributed by atoms with Gasteiger partial charge in [-0.2, -0.15) is 0 Å². The molecule has 1 aliphatic rings. The topological polar surface area (TPSA) is 43.1 Å². The van der Waals surface area contributed by atoms with Crippen molar-refractivity contribution in [3.05, 3.63) is 52.5 Å². The van der Waals surface area contributed by atoms with Crippen molar-refractivity contribution >= 4 is 0 Å². The molecule has 0 bridgehead atoms. The molecule has 2 aromatic rings. The van der Waals surface area contributed by atoms with Crippen molar-refractivity contribution in [3.8, 4) is 0 Å². The molecule has 0 atom stereocenters. The number of pyridine rings is 1. The Morgan fingerprint density at radius 1 is 1.33 bits per heavy atom. The lowest BCUT2D eigenvalue weighted by molar-refractivity contribution is 0.208. The van der Waals surface area contributed by atoms with Crippen molar-refractivity contribution in [2.75, 3.05) is 6.54 Å². The molecular formula is C13H16N4O. The van der Waals surface area contributed by atoms with E-state index in [-0.39, 0.29) is 5.56 Å². The van der Waals surface area contributed by atoms with Gasteiger partial charge >= 0.3 is 0 Å². The molecule has 0 radical (unpaired) electrons. The largest absolute Gasteiger partial charge is 0.333 e. The molecule has 5 nitrogen and oxygen atoms in total. The van der Waals surface area contributed by atoms with Crippen molar-refractivity contribution < 1.29 is 0 Å². The van der Waals surface area contributed by atoms with Crippen LogP contribution in [0.2, 0.25) is 0 Å². The molecule has 2 aromatic heterocycles. The first-order valence-electron chi connectivity index (χ1n) is 6.10. The maximum atomic E-state index is 11.6. The summed E-state index contributed by atoms with van der Waals surface area (Å²) in [6, 6.07) is 3.71. The van der Waals surface area contributed by atoms with E-state index in [0.29, 0.717) is 0 Å². The van der Waals surface area contributed by atoms with E-state index in [9.17, 15) is 4.79 Å². The normalized spacial score (nSPS) is 15.6. The van der Waals surface area contributed by atoms with Crippen molar-refractivity contribution in [2.24, 2.45) is 7.05 Å². The Balaban J connectivity index is 1.74. The predicted octanol–water partition coefficient (Wildman–Crippen LogP) is 0.598. The summed E-state index contributed by atoms with van der Waals surface area (Å²) in [5, 5.41) is 0. The Labute approximate surface area is 105 Å². The van der Waals surface area contributed by atoms with Gasteiger partial charge in [-0.1, -0.05) is 0 Å². The summed E-state index contributed by atoms with van der Waals surface area (Å²) in [6.45, 7) is 3.63. The zero-order valence-corrected chi connectivity index (χ0v) is 10.4. The molecule has 94 valence electrons. The van der Waals surface area contributed by atoms with Crippen molar-refractivity contribution in [2.45, 2.75) is 19.6 Å². The molecular weight excluding hydrogens is 228 g/mol. The third kappa shape index (κ3) is 2.09. The van der Waals surface area contributed by atoms with Gasteiger partial charge in [-0.3, -0.25) is 9.69 Å². The van der Waals surface area contributed by atoms with E-state index >= 15 is 0 Å². The number of hydrogen-bond acceptors (Lipinski definition) is 3. The van der Waals surface area contributed by atoms with Crippen LogP contribution in [0.1, 0.15) is 11.4 Å². The van der Waals surface area contributed by atoms with Crippen LogP contribution in [0, 0.1) is 0 Å². The Bertz CT molecular complexity index is 613. The molecule has 0 N–H and O–H groups in total. The van der Waals surface area contributed by atoms with E-state index in [1.807, 2.05) is 24.7 Å². The van der Waals surface area contributed by atoms with Gasteiger partial charge in [-0.15, -0.1) is 0 Å². The monoisotopic (exact) mass is 244 g/mol. The molecule has 0 saturated heterocycles. The van der Waals surface area contributed by atoms with Gasteiger partial charge < -0.3 is 9.13 Å². The summed E-state index contributed by atoms with van der Waals surface area (Å²) >= 11 is 0. The summed E-state index contributed by atoms with van der Waals surface area (Å²) in [4.78, 5) is 18.2. The average molecular weight is 244 g/mol. The van der Waals surface area contributed by atoms with Crippen molar-refractivity contribution in [1.29, 1.82) is 0 Å². The van der Waals surface area contributed by atoms with E-state index in [0.717, 1.165) is 37.6 Å². The lowest BCUT2D eigenvalue weighted by Gasteiger charge is -2.27. The zero-order chi connectivity index (χ0) is 12.5. The van der Waals surface area contributed by atoms with E-state index in [1.165, 1.54) is 0 Å².